The summed E-state index contributed by atoms with van der Waals surface area (Å²) in [4.78, 5) is 40.4. The van der Waals surface area contributed by atoms with Gasteiger partial charge in [0.1, 0.15) is 6.33 Å². The molecule has 0 aliphatic rings. The van der Waals surface area contributed by atoms with E-state index in [1.54, 1.807) is 30.3 Å². The first-order valence-electron chi connectivity index (χ1n) is 7.93. The Balaban J connectivity index is 2.34. The molecule has 1 amide bonds. The summed E-state index contributed by atoms with van der Waals surface area (Å²) >= 11 is 0. The molecule has 2 aromatic heterocycles. The molecule has 26 heavy (non-hydrogen) atoms. The number of carbonyl (C=O) groups is 1. The molecule has 0 radical (unpaired) electrons. The van der Waals surface area contributed by atoms with Crippen LogP contribution >= 0.6 is 0 Å². The third-order valence-electron chi connectivity index (χ3n) is 4.37. The maximum absolute atomic E-state index is 12.7. The van der Waals surface area contributed by atoms with E-state index in [0.29, 0.717) is 5.56 Å². The molecule has 0 aliphatic heterocycles. The molecule has 9 nitrogen and oxygen atoms in total. The largest absolute Gasteiger partial charge is 0.365 e. The van der Waals surface area contributed by atoms with Crippen LogP contribution in [0.25, 0.3) is 11.2 Å². The predicted molar refractivity (Wildman–Crippen MR) is 94.6 cm³/mol. The quantitative estimate of drug-likeness (QED) is 0.639. The fourth-order valence-corrected chi connectivity index (χ4v) is 2.90. The summed E-state index contributed by atoms with van der Waals surface area (Å²) in [7, 11) is 2.85. The topological polar surface area (TPSA) is 111 Å². The van der Waals surface area contributed by atoms with Gasteiger partial charge < -0.3 is 10.4 Å². The molecule has 1 atom stereocenters. The molecule has 3 aromatic rings. The molecule has 3 rings (SSSR count). The Bertz CT molecular complexity index is 1100. The van der Waals surface area contributed by atoms with Gasteiger partial charge in [-0.05, 0) is 0 Å². The molecule has 1 unspecified atom stereocenters. The van der Waals surface area contributed by atoms with Crippen molar-refractivity contribution in [2.45, 2.75) is 12.6 Å². The smallest absolute Gasteiger partial charge is 0.332 e. The van der Waals surface area contributed by atoms with Crippen LogP contribution in [0.15, 0.2) is 46.2 Å². The minimum atomic E-state index is -1.76. The number of imidazole rings is 1. The minimum absolute atomic E-state index is 0.0614. The van der Waals surface area contributed by atoms with Crippen LogP contribution < -0.4 is 16.6 Å². The Hall–Kier alpha value is -3.20. The number of fused-ring (bicyclic) bond motifs is 1. The molecule has 0 bridgehead atoms. The summed E-state index contributed by atoms with van der Waals surface area (Å²) in [6.45, 7) is 1.16. The highest BCUT2D eigenvalue weighted by Crippen LogP contribution is 2.25. The average molecular weight is 357 g/mol. The highest BCUT2D eigenvalue weighted by Gasteiger charge is 2.34. The van der Waals surface area contributed by atoms with Crippen LogP contribution in [0, 0.1) is 0 Å². The first-order chi connectivity index (χ1) is 12.3. The van der Waals surface area contributed by atoms with E-state index >= 15 is 0 Å². The zero-order valence-corrected chi connectivity index (χ0v) is 14.6. The van der Waals surface area contributed by atoms with Gasteiger partial charge in [-0.1, -0.05) is 30.3 Å². The summed E-state index contributed by atoms with van der Waals surface area (Å²) in [6, 6.07) is 8.62. The van der Waals surface area contributed by atoms with Gasteiger partial charge in [-0.25, -0.2) is 9.78 Å². The van der Waals surface area contributed by atoms with Crippen LogP contribution in [-0.4, -0.2) is 36.2 Å². The second kappa shape index (κ2) is 6.26. The fourth-order valence-electron chi connectivity index (χ4n) is 2.90. The van der Waals surface area contributed by atoms with E-state index < -0.39 is 17.0 Å². The van der Waals surface area contributed by atoms with E-state index in [9.17, 15) is 19.5 Å². The van der Waals surface area contributed by atoms with Crippen molar-refractivity contribution in [3.8, 4) is 0 Å². The summed E-state index contributed by atoms with van der Waals surface area (Å²) in [5, 5.41) is 14.0. The van der Waals surface area contributed by atoms with Crippen molar-refractivity contribution in [1.82, 2.24) is 24.0 Å². The summed E-state index contributed by atoms with van der Waals surface area (Å²) < 4.78 is 3.47. The third kappa shape index (κ3) is 2.62. The van der Waals surface area contributed by atoms with Crippen molar-refractivity contribution in [3.05, 3.63) is 63.1 Å². The van der Waals surface area contributed by atoms with E-state index in [1.807, 2.05) is 0 Å². The van der Waals surface area contributed by atoms with E-state index in [4.69, 9.17) is 0 Å². The van der Waals surface area contributed by atoms with Gasteiger partial charge in [0.2, 0.25) is 5.91 Å². The van der Waals surface area contributed by atoms with Crippen LogP contribution in [0.1, 0.15) is 12.5 Å². The van der Waals surface area contributed by atoms with Crippen LogP contribution in [0.2, 0.25) is 0 Å². The number of hydrogen-bond donors (Lipinski definition) is 2. The standard InChI is InChI=1S/C17H19N5O4/c1-11(23)18-9-17(26,12-7-5-4-6-8-12)22-10-19-14-13(22)15(24)21(3)16(25)20(14)2/h4-8,10,26H,9H2,1-3H3,(H,18,23). The lowest BCUT2D eigenvalue weighted by molar-refractivity contribution is -0.120. The second-order valence-electron chi connectivity index (χ2n) is 6.08. The van der Waals surface area contributed by atoms with E-state index in [-0.39, 0.29) is 23.6 Å². The van der Waals surface area contributed by atoms with Crippen molar-refractivity contribution in [2.75, 3.05) is 6.54 Å². The predicted octanol–water partition coefficient (Wildman–Crippen LogP) is -0.737. The van der Waals surface area contributed by atoms with Gasteiger partial charge in [-0.3, -0.25) is 23.3 Å². The first kappa shape index (κ1) is 17.6. The molecular weight excluding hydrogens is 338 g/mol. The number of nitrogens with zero attached hydrogens (tertiary/aromatic N) is 4. The van der Waals surface area contributed by atoms with Crippen molar-refractivity contribution < 1.29 is 9.90 Å². The number of amides is 1. The highest BCUT2D eigenvalue weighted by molar-refractivity contribution is 5.73. The zero-order valence-electron chi connectivity index (χ0n) is 14.6. The van der Waals surface area contributed by atoms with Crippen molar-refractivity contribution >= 4 is 17.1 Å². The van der Waals surface area contributed by atoms with Crippen LogP contribution in [0.3, 0.4) is 0 Å². The van der Waals surface area contributed by atoms with Gasteiger partial charge in [-0.15, -0.1) is 0 Å². The Morgan fingerprint density at radius 2 is 1.85 bits per heavy atom. The fraction of sp³-hybridized carbons (Fsp3) is 0.294. The number of aliphatic hydroxyl groups is 1. The van der Waals surface area contributed by atoms with Gasteiger partial charge in [0.25, 0.3) is 5.56 Å². The lowest BCUT2D eigenvalue weighted by Crippen LogP contribution is -2.47. The van der Waals surface area contributed by atoms with E-state index in [2.05, 4.69) is 10.3 Å². The summed E-state index contributed by atoms with van der Waals surface area (Å²) in [5.74, 6) is -0.330. The van der Waals surface area contributed by atoms with Gasteiger partial charge in [0.15, 0.2) is 16.9 Å². The van der Waals surface area contributed by atoms with Crippen LogP contribution in [0.5, 0.6) is 0 Å². The molecule has 0 saturated carbocycles. The summed E-state index contributed by atoms with van der Waals surface area (Å²) in [5.41, 5.74) is -2.19. The highest BCUT2D eigenvalue weighted by atomic mass is 16.3. The maximum atomic E-state index is 12.7. The molecule has 2 N–H and O–H groups in total. The number of rotatable bonds is 4. The number of nitrogens with one attached hydrogen (secondary N) is 1. The molecule has 0 spiro atoms. The number of carbonyl (C=O) groups excluding carboxylic acids is 1. The minimum Gasteiger partial charge on any atom is -0.365 e. The summed E-state index contributed by atoms with van der Waals surface area (Å²) in [6.07, 6.45) is 1.29. The number of hydrogen-bond acceptors (Lipinski definition) is 5. The van der Waals surface area contributed by atoms with Gasteiger partial charge in [0, 0.05) is 26.6 Å². The molecule has 136 valence electrons. The molecule has 1 aromatic carbocycles. The Morgan fingerprint density at radius 1 is 1.19 bits per heavy atom. The molecule has 0 saturated heterocycles. The van der Waals surface area contributed by atoms with E-state index in [1.165, 1.54) is 36.5 Å². The lowest BCUT2D eigenvalue weighted by atomic mass is 10.0. The Labute approximate surface area is 148 Å². The van der Waals surface area contributed by atoms with Crippen molar-refractivity contribution in [3.63, 3.8) is 0 Å². The van der Waals surface area contributed by atoms with E-state index in [0.717, 1.165) is 4.57 Å². The maximum Gasteiger partial charge on any atom is 0.332 e. The van der Waals surface area contributed by atoms with Gasteiger partial charge in [-0.2, -0.15) is 0 Å². The lowest BCUT2D eigenvalue weighted by Gasteiger charge is -2.30. The molecule has 2 heterocycles. The van der Waals surface area contributed by atoms with Gasteiger partial charge >= 0.3 is 5.69 Å². The van der Waals surface area contributed by atoms with Crippen LogP contribution in [0.4, 0.5) is 0 Å². The molecule has 0 aliphatic carbocycles. The number of aryl methyl sites for hydroxylation is 1. The number of benzene rings is 1. The monoisotopic (exact) mass is 357 g/mol. The number of aromatic nitrogens is 4. The molecular formula is C17H19N5O4. The van der Waals surface area contributed by atoms with Crippen LogP contribution in [-0.2, 0) is 24.6 Å². The average Bonchev–Trinajstić information content (AvgIpc) is 3.09. The molecule has 0 fully saturated rings. The van der Waals surface area contributed by atoms with Gasteiger partial charge in [0.05, 0.1) is 6.54 Å². The van der Waals surface area contributed by atoms with Crippen molar-refractivity contribution in [2.24, 2.45) is 14.1 Å². The normalized spacial score (nSPS) is 13.5. The van der Waals surface area contributed by atoms with Crippen molar-refractivity contribution in [1.29, 1.82) is 0 Å². The Kier molecular flexibility index (Phi) is 4.25. The second-order valence-corrected chi connectivity index (χ2v) is 6.08. The SMILES string of the molecule is CC(=O)NCC(O)(c1ccccc1)n1cnc2c1c(=O)n(C)c(=O)n2C. The first-order valence-corrected chi connectivity index (χ1v) is 7.93. The zero-order chi connectivity index (χ0) is 19.1. The third-order valence-corrected chi connectivity index (χ3v) is 4.37. The Morgan fingerprint density at radius 3 is 2.46 bits per heavy atom. The molecule has 9 heteroatoms.